The molecule has 0 saturated carbocycles. The second kappa shape index (κ2) is 6.97. The lowest BCUT2D eigenvalue weighted by Crippen LogP contribution is -2.14. The van der Waals surface area contributed by atoms with Gasteiger partial charge in [-0.2, -0.15) is 0 Å². The van der Waals surface area contributed by atoms with Gasteiger partial charge in [0.25, 0.3) is 0 Å². The summed E-state index contributed by atoms with van der Waals surface area (Å²) >= 11 is 0. The van der Waals surface area contributed by atoms with Crippen molar-refractivity contribution in [1.82, 2.24) is 0 Å². The van der Waals surface area contributed by atoms with Gasteiger partial charge in [0, 0.05) is 6.04 Å². The van der Waals surface area contributed by atoms with Crippen LogP contribution in [0, 0.1) is 0 Å². The van der Waals surface area contributed by atoms with Crippen LogP contribution in [0.15, 0.2) is 48.5 Å². The van der Waals surface area contributed by atoms with E-state index in [-0.39, 0.29) is 11.5 Å². The lowest BCUT2D eigenvalue weighted by molar-refractivity contribution is 0.414. The zero-order valence-corrected chi connectivity index (χ0v) is 14.1. The SMILES string of the molecule is COc1cccc(CCC(N)c2ccc(C(C)(C)C)cc2)c1. The van der Waals surface area contributed by atoms with Crippen molar-refractivity contribution in [2.24, 2.45) is 5.73 Å². The molecular formula is C20H27NO. The number of hydrogen-bond donors (Lipinski definition) is 1. The van der Waals surface area contributed by atoms with E-state index in [0.29, 0.717) is 0 Å². The van der Waals surface area contributed by atoms with E-state index in [1.165, 1.54) is 16.7 Å². The summed E-state index contributed by atoms with van der Waals surface area (Å²) in [5, 5.41) is 0. The molecule has 1 unspecified atom stereocenters. The van der Waals surface area contributed by atoms with E-state index in [1.807, 2.05) is 12.1 Å². The molecule has 0 radical (unpaired) electrons. The van der Waals surface area contributed by atoms with Gasteiger partial charge < -0.3 is 10.5 Å². The molecule has 2 rings (SSSR count). The normalized spacial score (nSPS) is 13.0. The largest absolute Gasteiger partial charge is 0.497 e. The molecule has 0 saturated heterocycles. The van der Waals surface area contributed by atoms with E-state index >= 15 is 0 Å². The van der Waals surface area contributed by atoms with E-state index < -0.39 is 0 Å². The monoisotopic (exact) mass is 297 g/mol. The number of methoxy groups -OCH3 is 1. The standard InChI is InChI=1S/C20H27NO/c1-20(2,3)17-11-9-16(10-12-17)19(21)13-8-15-6-5-7-18(14-15)22-4/h5-7,9-12,14,19H,8,13,21H2,1-4H3. The van der Waals surface area contributed by atoms with Crippen molar-refractivity contribution in [2.75, 3.05) is 7.11 Å². The highest BCUT2D eigenvalue weighted by atomic mass is 16.5. The van der Waals surface area contributed by atoms with E-state index in [0.717, 1.165) is 18.6 Å². The third-order valence-corrected chi connectivity index (χ3v) is 4.08. The van der Waals surface area contributed by atoms with Crippen LogP contribution in [0.3, 0.4) is 0 Å². The molecule has 0 bridgehead atoms. The van der Waals surface area contributed by atoms with Gasteiger partial charge in [-0.05, 0) is 47.1 Å². The maximum absolute atomic E-state index is 6.34. The third kappa shape index (κ3) is 4.35. The number of rotatable bonds is 5. The van der Waals surface area contributed by atoms with Crippen molar-refractivity contribution in [3.8, 4) is 5.75 Å². The fraction of sp³-hybridized carbons (Fsp3) is 0.400. The predicted molar refractivity (Wildman–Crippen MR) is 93.4 cm³/mol. The Morgan fingerprint density at radius 3 is 2.32 bits per heavy atom. The number of ether oxygens (including phenoxy) is 1. The maximum Gasteiger partial charge on any atom is 0.119 e. The van der Waals surface area contributed by atoms with Crippen molar-refractivity contribution in [2.45, 2.75) is 45.1 Å². The Morgan fingerprint density at radius 2 is 1.73 bits per heavy atom. The predicted octanol–water partition coefficient (Wildman–Crippen LogP) is 4.63. The van der Waals surface area contributed by atoms with Gasteiger partial charge in [-0.25, -0.2) is 0 Å². The second-order valence-corrected chi connectivity index (χ2v) is 6.87. The van der Waals surface area contributed by atoms with Crippen LogP contribution in [0.4, 0.5) is 0 Å². The van der Waals surface area contributed by atoms with Crippen LogP contribution in [0.2, 0.25) is 0 Å². The van der Waals surface area contributed by atoms with Gasteiger partial charge in [-0.1, -0.05) is 57.2 Å². The summed E-state index contributed by atoms with van der Waals surface area (Å²) in [5.74, 6) is 0.903. The van der Waals surface area contributed by atoms with Crippen LogP contribution in [0.5, 0.6) is 5.75 Å². The molecule has 118 valence electrons. The Morgan fingerprint density at radius 1 is 1.05 bits per heavy atom. The Balaban J connectivity index is 1.98. The molecule has 2 aromatic rings. The molecule has 0 spiro atoms. The third-order valence-electron chi connectivity index (χ3n) is 4.08. The highest BCUT2D eigenvalue weighted by molar-refractivity contribution is 5.30. The molecule has 2 N–H and O–H groups in total. The average Bonchev–Trinajstić information content (AvgIpc) is 2.52. The van der Waals surface area contributed by atoms with Crippen molar-refractivity contribution < 1.29 is 4.74 Å². The van der Waals surface area contributed by atoms with Crippen molar-refractivity contribution in [1.29, 1.82) is 0 Å². The summed E-state index contributed by atoms with van der Waals surface area (Å²) < 4.78 is 5.26. The van der Waals surface area contributed by atoms with Gasteiger partial charge in [0.2, 0.25) is 0 Å². The molecule has 0 aromatic heterocycles. The van der Waals surface area contributed by atoms with Gasteiger partial charge in [-0.3, -0.25) is 0 Å². The molecule has 22 heavy (non-hydrogen) atoms. The molecule has 1 atom stereocenters. The summed E-state index contributed by atoms with van der Waals surface area (Å²) in [7, 11) is 1.70. The van der Waals surface area contributed by atoms with Gasteiger partial charge in [0.05, 0.1) is 7.11 Å². The maximum atomic E-state index is 6.34. The Bertz CT molecular complexity index is 596. The Hall–Kier alpha value is -1.80. The van der Waals surface area contributed by atoms with E-state index in [4.69, 9.17) is 10.5 Å². The molecule has 0 aliphatic rings. The van der Waals surface area contributed by atoms with Crippen LogP contribution >= 0.6 is 0 Å². The molecule has 0 aliphatic heterocycles. The minimum absolute atomic E-state index is 0.0696. The van der Waals surface area contributed by atoms with Crippen molar-refractivity contribution in [3.63, 3.8) is 0 Å². The minimum Gasteiger partial charge on any atom is -0.497 e. The topological polar surface area (TPSA) is 35.2 Å². The average molecular weight is 297 g/mol. The number of hydrogen-bond acceptors (Lipinski definition) is 2. The first kappa shape index (κ1) is 16.6. The van der Waals surface area contributed by atoms with Crippen LogP contribution in [0.25, 0.3) is 0 Å². The van der Waals surface area contributed by atoms with Crippen molar-refractivity contribution in [3.05, 3.63) is 65.2 Å². The quantitative estimate of drug-likeness (QED) is 0.873. The molecule has 0 heterocycles. The van der Waals surface area contributed by atoms with Crippen LogP contribution in [-0.4, -0.2) is 7.11 Å². The van der Waals surface area contributed by atoms with Gasteiger partial charge >= 0.3 is 0 Å². The van der Waals surface area contributed by atoms with E-state index in [1.54, 1.807) is 7.11 Å². The zero-order valence-electron chi connectivity index (χ0n) is 14.1. The molecule has 0 aliphatic carbocycles. The van der Waals surface area contributed by atoms with Crippen molar-refractivity contribution >= 4 is 0 Å². The first-order valence-electron chi connectivity index (χ1n) is 7.89. The van der Waals surface area contributed by atoms with Gasteiger partial charge in [0.15, 0.2) is 0 Å². The number of aryl methyl sites for hydroxylation is 1. The molecule has 2 heteroatoms. The summed E-state index contributed by atoms with van der Waals surface area (Å²) in [5.41, 5.74) is 10.3. The summed E-state index contributed by atoms with van der Waals surface area (Å²) in [6, 6.07) is 17.0. The number of nitrogens with two attached hydrogens (primary N) is 1. The second-order valence-electron chi connectivity index (χ2n) is 6.87. The van der Waals surface area contributed by atoms with Crippen LogP contribution in [-0.2, 0) is 11.8 Å². The molecular weight excluding hydrogens is 270 g/mol. The van der Waals surface area contributed by atoms with Gasteiger partial charge in [0.1, 0.15) is 5.75 Å². The Kier molecular flexibility index (Phi) is 5.25. The summed E-state index contributed by atoms with van der Waals surface area (Å²) in [6.45, 7) is 6.68. The smallest absolute Gasteiger partial charge is 0.119 e. The van der Waals surface area contributed by atoms with E-state index in [2.05, 4.69) is 57.2 Å². The highest BCUT2D eigenvalue weighted by Gasteiger charge is 2.14. The minimum atomic E-state index is 0.0696. The highest BCUT2D eigenvalue weighted by Crippen LogP contribution is 2.25. The van der Waals surface area contributed by atoms with Crippen LogP contribution in [0.1, 0.15) is 49.9 Å². The van der Waals surface area contributed by atoms with Gasteiger partial charge in [-0.15, -0.1) is 0 Å². The molecule has 2 nitrogen and oxygen atoms in total. The fourth-order valence-electron chi connectivity index (χ4n) is 2.55. The molecule has 0 fully saturated rings. The Labute approximate surface area is 134 Å². The lowest BCUT2D eigenvalue weighted by Gasteiger charge is -2.20. The lowest BCUT2D eigenvalue weighted by atomic mass is 9.86. The summed E-state index contributed by atoms with van der Waals surface area (Å²) in [4.78, 5) is 0. The fourth-order valence-corrected chi connectivity index (χ4v) is 2.55. The first-order valence-corrected chi connectivity index (χ1v) is 7.89. The first-order chi connectivity index (χ1) is 10.4. The zero-order chi connectivity index (χ0) is 16.2. The molecule has 2 aromatic carbocycles. The van der Waals surface area contributed by atoms with Crippen LogP contribution < -0.4 is 10.5 Å². The summed E-state index contributed by atoms with van der Waals surface area (Å²) in [6.07, 6.45) is 1.89. The molecule has 0 amide bonds. The number of benzene rings is 2. The van der Waals surface area contributed by atoms with E-state index in [9.17, 15) is 0 Å².